The third-order valence-electron chi connectivity index (χ3n) is 6.07. The van der Waals surface area contributed by atoms with Crippen LogP contribution in [0.2, 0.25) is 0 Å². The molecular weight excluding hydrogens is 416 g/mol. The van der Waals surface area contributed by atoms with E-state index in [4.69, 9.17) is 4.52 Å². The second kappa shape index (κ2) is 9.87. The summed E-state index contributed by atoms with van der Waals surface area (Å²) in [5.41, 5.74) is 2.86. The summed E-state index contributed by atoms with van der Waals surface area (Å²) in [5, 5.41) is 8.25. The summed E-state index contributed by atoms with van der Waals surface area (Å²) in [4.78, 5) is 27.9. The van der Waals surface area contributed by atoms with Crippen LogP contribution in [-0.4, -0.2) is 57.1 Å². The van der Waals surface area contributed by atoms with Crippen molar-refractivity contribution < 1.29 is 9.32 Å². The Morgan fingerprint density at radius 3 is 2.73 bits per heavy atom. The molecule has 1 aromatic carbocycles. The van der Waals surface area contributed by atoms with E-state index in [9.17, 15) is 4.79 Å². The lowest BCUT2D eigenvalue weighted by Gasteiger charge is -2.29. The molecule has 4 aromatic rings. The van der Waals surface area contributed by atoms with Gasteiger partial charge in [-0.3, -0.25) is 19.7 Å². The number of aromatic nitrogens is 4. The van der Waals surface area contributed by atoms with Crippen LogP contribution in [0.25, 0.3) is 22.4 Å². The quantitative estimate of drug-likeness (QED) is 0.469. The zero-order chi connectivity index (χ0) is 22.5. The number of nitrogens with zero attached hydrogens (tertiary/aromatic N) is 5. The maximum atomic E-state index is 12.5. The van der Waals surface area contributed by atoms with Crippen molar-refractivity contribution in [3.05, 3.63) is 72.4 Å². The molecule has 0 saturated carbocycles. The molecule has 0 radical (unpaired) electrons. The van der Waals surface area contributed by atoms with Crippen LogP contribution in [0.3, 0.4) is 0 Å². The zero-order valence-electron chi connectivity index (χ0n) is 18.4. The van der Waals surface area contributed by atoms with Gasteiger partial charge in [-0.1, -0.05) is 35.5 Å². The van der Waals surface area contributed by atoms with E-state index < -0.39 is 0 Å². The van der Waals surface area contributed by atoms with E-state index in [0.717, 1.165) is 48.8 Å². The van der Waals surface area contributed by atoms with Gasteiger partial charge in [0.05, 0.1) is 12.1 Å². The molecule has 4 heterocycles. The summed E-state index contributed by atoms with van der Waals surface area (Å²) in [6.07, 6.45) is 6.06. The second-order valence-electron chi connectivity index (χ2n) is 8.31. The lowest BCUT2D eigenvalue weighted by Crippen LogP contribution is -2.41. The standard InChI is InChI=1S/C25H26N6O2/c32-22(27-14-9-19-6-3-5-18-7-4-13-28-23(18)19)17-31-15-10-20(11-16-31)25-29-24(30-33-25)21-8-1-2-12-26-21/h1-8,12-13,20H,9-11,14-17H2,(H,27,32). The van der Waals surface area contributed by atoms with Crippen LogP contribution in [-0.2, 0) is 11.2 Å². The van der Waals surface area contributed by atoms with Gasteiger partial charge in [0.25, 0.3) is 0 Å². The molecule has 1 aliphatic heterocycles. The molecule has 0 spiro atoms. The summed E-state index contributed by atoms with van der Waals surface area (Å²) in [5.74, 6) is 1.45. The van der Waals surface area contributed by atoms with Crippen LogP contribution in [0.4, 0.5) is 0 Å². The molecule has 8 heteroatoms. The van der Waals surface area contributed by atoms with Gasteiger partial charge < -0.3 is 9.84 Å². The van der Waals surface area contributed by atoms with Gasteiger partial charge in [-0.15, -0.1) is 0 Å². The number of para-hydroxylation sites is 1. The SMILES string of the molecule is O=C(CN1CCC(c2nc(-c3ccccn3)no2)CC1)NCCc1cccc2cccnc12. The maximum Gasteiger partial charge on any atom is 0.234 e. The number of benzene rings is 1. The summed E-state index contributed by atoms with van der Waals surface area (Å²) < 4.78 is 5.50. The van der Waals surface area contributed by atoms with Crippen LogP contribution >= 0.6 is 0 Å². The van der Waals surface area contributed by atoms with Crippen LogP contribution in [0, 0.1) is 0 Å². The van der Waals surface area contributed by atoms with Crippen molar-refractivity contribution in [1.82, 2.24) is 30.3 Å². The number of hydrogen-bond acceptors (Lipinski definition) is 7. The van der Waals surface area contributed by atoms with Gasteiger partial charge in [-0.25, -0.2) is 0 Å². The number of carbonyl (C=O) groups excluding carboxylic acids is 1. The summed E-state index contributed by atoms with van der Waals surface area (Å²) >= 11 is 0. The molecule has 1 saturated heterocycles. The fourth-order valence-corrected chi connectivity index (χ4v) is 4.30. The molecule has 0 atom stereocenters. The highest BCUT2D eigenvalue weighted by Gasteiger charge is 2.26. The minimum atomic E-state index is 0.0527. The zero-order valence-corrected chi connectivity index (χ0v) is 18.4. The Labute approximate surface area is 192 Å². The summed E-state index contributed by atoms with van der Waals surface area (Å²) in [6.45, 7) is 2.66. The molecule has 33 heavy (non-hydrogen) atoms. The van der Waals surface area contributed by atoms with Crippen molar-refractivity contribution in [2.24, 2.45) is 0 Å². The van der Waals surface area contributed by atoms with Gasteiger partial charge in [-0.2, -0.15) is 4.98 Å². The molecule has 1 amide bonds. The molecule has 8 nitrogen and oxygen atoms in total. The number of carbonyl (C=O) groups is 1. The Kier molecular flexibility index (Phi) is 6.34. The van der Waals surface area contributed by atoms with E-state index in [1.165, 1.54) is 0 Å². The summed E-state index contributed by atoms with van der Waals surface area (Å²) in [7, 11) is 0. The third-order valence-corrected chi connectivity index (χ3v) is 6.07. The Morgan fingerprint density at radius 1 is 1.03 bits per heavy atom. The number of amides is 1. The van der Waals surface area contributed by atoms with Crippen LogP contribution in [0.15, 0.2) is 65.4 Å². The number of fused-ring (bicyclic) bond motifs is 1. The highest BCUT2D eigenvalue weighted by Crippen LogP contribution is 2.28. The molecule has 0 aliphatic carbocycles. The van der Waals surface area contributed by atoms with Crippen molar-refractivity contribution in [2.75, 3.05) is 26.2 Å². The normalized spacial score (nSPS) is 15.0. The van der Waals surface area contributed by atoms with Gasteiger partial charge in [0.15, 0.2) is 0 Å². The molecule has 1 aliphatic rings. The smallest absolute Gasteiger partial charge is 0.234 e. The Morgan fingerprint density at radius 2 is 1.88 bits per heavy atom. The lowest BCUT2D eigenvalue weighted by atomic mass is 9.97. The third kappa shape index (κ3) is 5.06. The molecule has 3 aromatic heterocycles. The van der Waals surface area contributed by atoms with Crippen molar-refractivity contribution >= 4 is 16.8 Å². The number of pyridine rings is 2. The molecule has 1 N–H and O–H groups in total. The number of rotatable bonds is 7. The first kappa shape index (κ1) is 21.2. The van der Waals surface area contributed by atoms with Gasteiger partial charge in [0.1, 0.15) is 5.69 Å². The van der Waals surface area contributed by atoms with Crippen molar-refractivity contribution in [2.45, 2.75) is 25.2 Å². The van der Waals surface area contributed by atoms with Crippen LogP contribution in [0.1, 0.15) is 30.2 Å². The van der Waals surface area contributed by atoms with E-state index in [2.05, 4.69) is 48.5 Å². The minimum Gasteiger partial charge on any atom is -0.355 e. The fourth-order valence-electron chi connectivity index (χ4n) is 4.30. The Balaban J connectivity index is 1.08. The van der Waals surface area contributed by atoms with E-state index >= 15 is 0 Å². The molecule has 0 unspecified atom stereocenters. The van der Waals surface area contributed by atoms with E-state index in [0.29, 0.717) is 30.5 Å². The second-order valence-corrected chi connectivity index (χ2v) is 8.31. The van der Waals surface area contributed by atoms with Gasteiger partial charge >= 0.3 is 0 Å². The average Bonchev–Trinajstić information content (AvgIpc) is 3.36. The minimum absolute atomic E-state index is 0.0527. The molecule has 168 valence electrons. The first-order chi connectivity index (χ1) is 16.3. The van der Waals surface area contributed by atoms with E-state index in [1.54, 1.807) is 6.20 Å². The van der Waals surface area contributed by atoms with Crippen molar-refractivity contribution in [3.63, 3.8) is 0 Å². The largest absolute Gasteiger partial charge is 0.355 e. The predicted molar refractivity (Wildman–Crippen MR) is 124 cm³/mol. The molecule has 5 rings (SSSR count). The number of likely N-dealkylation sites (tertiary alicyclic amines) is 1. The monoisotopic (exact) mass is 442 g/mol. The highest BCUT2D eigenvalue weighted by atomic mass is 16.5. The van der Waals surface area contributed by atoms with Crippen molar-refractivity contribution in [3.8, 4) is 11.5 Å². The topological polar surface area (TPSA) is 97.0 Å². The van der Waals surface area contributed by atoms with Gasteiger partial charge in [0.2, 0.25) is 17.6 Å². The Hall–Kier alpha value is -3.65. The number of nitrogens with one attached hydrogen (secondary N) is 1. The number of piperidine rings is 1. The fraction of sp³-hybridized carbons (Fsp3) is 0.320. The predicted octanol–water partition coefficient (Wildman–Crippen LogP) is 3.22. The first-order valence-corrected chi connectivity index (χ1v) is 11.3. The Bertz CT molecular complexity index is 1210. The number of hydrogen-bond donors (Lipinski definition) is 1. The van der Waals surface area contributed by atoms with Crippen LogP contribution < -0.4 is 5.32 Å². The van der Waals surface area contributed by atoms with Crippen LogP contribution in [0.5, 0.6) is 0 Å². The first-order valence-electron chi connectivity index (χ1n) is 11.3. The molecule has 0 bridgehead atoms. The lowest BCUT2D eigenvalue weighted by molar-refractivity contribution is -0.122. The van der Waals surface area contributed by atoms with Gasteiger partial charge in [-0.05, 0) is 56.1 Å². The average molecular weight is 443 g/mol. The van der Waals surface area contributed by atoms with E-state index in [-0.39, 0.29) is 11.8 Å². The molecule has 1 fully saturated rings. The van der Waals surface area contributed by atoms with E-state index in [1.807, 2.05) is 36.5 Å². The highest BCUT2D eigenvalue weighted by molar-refractivity contribution is 5.82. The molecular formula is C25H26N6O2. The summed E-state index contributed by atoms with van der Waals surface area (Å²) in [6, 6.07) is 15.8. The van der Waals surface area contributed by atoms with Crippen molar-refractivity contribution in [1.29, 1.82) is 0 Å². The maximum absolute atomic E-state index is 12.5. The van der Waals surface area contributed by atoms with Gasteiger partial charge in [0, 0.05) is 30.2 Å².